The highest BCUT2D eigenvalue weighted by atomic mass is 32.1. The lowest BCUT2D eigenvalue weighted by molar-refractivity contribution is 0.102. The van der Waals surface area contributed by atoms with Crippen LogP contribution in [0.5, 0.6) is 0 Å². The fourth-order valence-corrected chi connectivity index (χ4v) is 4.64. The van der Waals surface area contributed by atoms with Crippen LogP contribution in [0.4, 0.5) is 9.52 Å². The van der Waals surface area contributed by atoms with Crippen molar-refractivity contribution in [3.63, 3.8) is 0 Å². The van der Waals surface area contributed by atoms with Crippen LogP contribution in [-0.2, 0) is 6.42 Å². The number of carbonyl (C=O) groups is 1. The number of carbonyl (C=O) groups excluding carboxylic acids is 1. The number of rotatable bonds is 5. The van der Waals surface area contributed by atoms with Crippen LogP contribution in [-0.4, -0.2) is 20.4 Å². The van der Waals surface area contributed by atoms with Gasteiger partial charge in [0.15, 0.2) is 10.3 Å². The fourth-order valence-electron chi connectivity index (χ4n) is 3.05. The molecule has 1 amide bonds. The largest absolute Gasteiger partial charge is 0.298 e. The molecule has 0 radical (unpaired) electrons. The predicted molar refractivity (Wildman–Crippen MR) is 110 cm³/mol. The minimum Gasteiger partial charge on any atom is -0.298 e. The Morgan fingerprint density at radius 2 is 2.07 bits per heavy atom. The lowest BCUT2D eigenvalue weighted by atomic mass is 10.1. The molecule has 0 spiro atoms. The third-order valence-corrected chi connectivity index (χ3v) is 6.05. The Labute approximate surface area is 169 Å². The molecule has 3 aromatic heterocycles. The zero-order valence-electron chi connectivity index (χ0n) is 15.3. The molecule has 4 aromatic rings. The Hall–Kier alpha value is -2.84. The van der Waals surface area contributed by atoms with Crippen LogP contribution in [0.1, 0.15) is 32.2 Å². The molecule has 0 saturated heterocycles. The molecule has 28 heavy (non-hydrogen) atoms. The van der Waals surface area contributed by atoms with Gasteiger partial charge in [-0.15, -0.1) is 22.7 Å². The molecule has 1 N–H and O–H groups in total. The summed E-state index contributed by atoms with van der Waals surface area (Å²) in [5, 5.41) is 6.08. The SMILES string of the molecule is Cc1cc(C(=O)Nc2ncc(Cc3ccccc3F)s2)c(C)n1-c1nccs1. The van der Waals surface area contributed by atoms with E-state index in [4.69, 9.17) is 0 Å². The normalized spacial score (nSPS) is 11.0. The van der Waals surface area contributed by atoms with Gasteiger partial charge < -0.3 is 0 Å². The van der Waals surface area contributed by atoms with E-state index in [1.165, 1.54) is 28.7 Å². The molecule has 0 fully saturated rings. The first-order chi connectivity index (χ1) is 13.5. The summed E-state index contributed by atoms with van der Waals surface area (Å²) in [6.07, 6.45) is 3.86. The second-order valence-electron chi connectivity index (χ2n) is 6.29. The van der Waals surface area contributed by atoms with Crippen molar-refractivity contribution >= 4 is 33.7 Å². The van der Waals surface area contributed by atoms with E-state index in [2.05, 4.69) is 15.3 Å². The lowest BCUT2D eigenvalue weighted by Gasteiger charge is -2.05. The summed E-state index contributed by atoms with van der Waals surface area (Å²) >= 11 is 2.87. The van der Waals surface area contributed by atoms with E-state index in [9.17, 15) is 9.18 Å². The first kappa shape index (κ1) is 18.5. The number of thiazole rings is 2. The van der Waals surface area contributed by atoms with Crippen molar-refractivity contribution in [3.8, 4) is 5.13 Å². The molecule has 5 nitrogen and oxygen atoms in total. The molecule has 0 saturated carbocycles. The Bertz CT molecular complexity index is 1130. The summed E-state index contributed by atoms with van der Waals surface area (Å²) in [5.41, 5.74) is 2.96. The van der Waals surface area contributed by atoms with Gasteiger partial charge in [-0.2, -0.15) is 0 Å². The standard InChI is InChI=1S/C20H17FN4OS2/c1-12-9-16(13(2)25(12)20-22-7-8-27-20)18(26)24-19-23-11-15(28-19)10-14-5-3-4-6-17(14)21/h3-9,11H,10H2,1-2H3,(H,23,24,26). The second-order valence-corrected chi connectivity index (χ2v) is 8.28. The number of halogens is 1. The van der Waals surface area contributed by atoms with E-state index in [1.807, 2.05) is 29.9 Å². The zero-order valence-corrected chi connectivity index (χ0v) is 16.9. The van der Waals surface area contributed by atoms with E-state index in [0.29, 0.717) is 22.7 Å². The summed E-state index contributed by atoms with van der Waals surface area (Å²) in [5.74, 6) is -0.459. The highest BCUT2D eigenvalue weighted by Gasteiger charge is 2.19. The Balaban J connectivity index is 1.51. The van der Waals surface area contributed by atoms with Crippen molar-refractivity contribution in [3.05, 3.63) is 81.3 Å². The first-order valence-corrected chi connectivity index (χ1v) is 10.3. The molecule has 0 atom stereocenters. The van der Waals surface area contributed by atoms with Gasteiger partial charge in [-0.3, -0.25) is 14.7 Å². The minimum absolute atomic E-state index is 0.220. The number of aromatic nitrogens is 3. The van der Waals surface area contributed by atoms with Gasteiger partial charge in [-0.1, -0.05) is 18.2 Å². The number of hydrogen-bond donors (Lipinski definition) is 1. The van der Waals surface area contributed by atoms with Crippen LogP contribution in [0.25, 0.3) is 5.13 Å². The number of aryl methyl sites for hydroxylation is 1. The highest BCUT2D eigenvalue weighted by molar-refractivity contribution is 7.15. The van der Waals surface area contributed by atoms with Gasteiger partial charge in [0.25, 0.3) is 5.91 Å². The molecule has 0 aliphatic carbocycles. The van der Waals surface area contributed by atoms with E-state index < -0.39 is 0 Å². The number of benzene rings is 1. The molecule has 0 aliphatic heterocycles. The van der Waals surface area contributed by atoms with Gasteiger partial charge in [0.2, 0.25) is 0 Å². The van der Waals surface area contributed by atoms with Crippen LogP contribution < -0.4 is 5.32 Å². The maximum absolute atomic E-state index is 13.8. The molecule has 8 heteroatoms. The monoisotopic (exact) mass is 412 g/mol. The van der Waals surface area contributed by atoms with E-state index in [-0.39, 0.29) is 11.7 Å². The Morgan fingerprint density at radius 1 is 1.25 bits per heavy atom. The maximum Gasteiger partial charge on any atom is 0.259 e. The van der Waals surface area contributed by atoms with Gasteiger partial charge in [-0.05, 0) is 31.5 Å². The molecule has 0 aliphatic rings. The van der Waals surface area contributed by atoms with Gasteiger partial charge in [0, 0.05) is 40.5 Å². The number of nitrogens with one attached hydrogen (secondary N) is 1. The fraction of sp³-hybridized carbons (Fsp3) is 0.150. The van der Waals surface area contributed by atoms with E-state index in [0.717, 1.165) is 21.4 Å². The molecule has 4 rings (SSSR count). The number of anilines is 1. The molecule has 142 valence electrons. The lowest BCUT2D eigenvalue weighted by Crippen LogP contribution is -2.12. The van der Waals surface area contributed by atoms with Gasteiger partial charge in [-0.25, -0.2) is 14.4 Å². The average Bonchev–Trinajstić information content (AvgIpc) is 3.39. The van der Waals surface area contributed by atoms with Gasteiger partial charge in [0.1, 0.15) is 5.82 Å². The Kier molecular flexibility index (Phi) is 5.06. The zero-order chi connectivity index (χ0) is 19.7. The predicted octanol–water partition coefficient (Wildman–Crippen LogP) is 4.99. The molecule has 0 bridgehead atoms. The molecular weight excluding hydrogens is 395 g/mol. The summed E-state index contributed by atoms with van der Waals surface area (Å²) in [7, 11) is 0. The van der Waals surface area contributed by atoms with Crippen molar-refractivity contribution in [2.45, 2.75) is 20.3 Å². The Morgan fingerprint density at radius 3 is 2.82 bits per heavy atom. The van der Waals surface area contributed by atoms with Crippen LogP contribution in [0.3, 0.4) is 0 Å². The molecular formula is C20H17FN4OS2. The van der Waals surface area contributed by atoms with Gasteiger partial charge >= 0.3 is 0 Å². The number of nitrogens with zero attached hydrogens (tertiary/aromatic N) is 3. The van der Waals surface area contributed by atoms with Crippen molar-refractivity contribution in [1.29, 1.82) is 0 Å². The van der Waals surface area contributed by atoms with Crippen molar-refractivity contribution in [2.75, 3.05) is 5.32 Å². The van der Waals surface area contributed by atoms with Crippen molar-refractivity contribution in [1.82, 2.24) is 14.5 Å². The smallest absolute Gasteiger partial charge is 0.259 e. The number of hydrogen-bond acceptors (Lipinski definition) is 5. The third-order valence-electron chi connectivity index (χ3n) is 4.38. The van der Waals surface area contributed by atoms with Crippen molar-refractivity contribution < 1.29 is 9.18 Å². The summed E-state index contributed by atoms with van der Waals surface area (Å²) in [6.45, 7) is 3.84. The summed E-state index contributed by atoms with van der Waals surface area (Å²) in [4.78, 5) is 22.2. The third kappa shape index (κ3) is 3.61. The second kappa shape index (κ2) is 7.65. The van der Waals surface area contributed by atoms with Crippen LogP contribution in [0, 0.1) is 19.7 Å². The van der Waals surface area contributed by atoms with Crippen molar-refractivity contribution in [2.24, 2.45) is 0 Å². The minimum atomic E-state index is -0.240. The summed E-state index contributed by atoms with van der Waals surface area (Å²) < 4.78 is 15.8. The van der Waals surface area contributed by atoms with Gasteiger partial charge in [0.05, 0.1) is 5.56 Å². The summed E-state index contributed by atoms with van der Waals surface area (Å²) in [6, 6.07) is 8.51. The topological polar surface area (TPSA) is 59.8 Å². The highest BCUT2D eigenvalue weighted by Crippen LogP contribution is 2.25. The van der Waals surface area contributed by atoms with Crippen LogP contribution in [0.15, 0.2) is 48.1 Å². The van der Waals surface area contributed by atoms with Crippen LogP contribution >= 0.6 is 22.7 Å². The van der Waals surface area contributed by atoms with E-state index in [1.54, 1.807) is 30.6 Å². The number of amides is 1. The molecule has 1 aromatic carbocycles. The molecule has 3 heterocycles. The average molecular weight is 413 g/mol. The van der Waals surface area contributed by atoms with Crippen LogP contribution in [0.2, 0.25) is 0 Å². The first-order valence-electron chi connectivity index (χ1n) is 8.61. The van der Waals surface area contributed by atoms with E-state index >= 15 is 0 Å². The molecule has 0 unspecified atom stereocenters. The maximum atomic E-state index is 13.8. The quantitative estimate of drug-likeness (QED) is 0.502.